The molecule has 3 aliphatic heterocycles. The smallest absolute Gasteiger partial charge is 0.0251 e. The van der Waals surface area contributed by atoms with Gasteiger partial charge in [0.25, 0.3) is 0 Å². The molecule has 12 heavy (non-hydrogen) atoms. The van der Waals surface area contributed by atoms with Crippen molar-refractivity contribution in [3.8, 4) is 0 Å². The van der Waals surface area contributed by atoms with E-state index in [1.54, 1.807) is 0 Å². The van der Waals surface area contributed by atoms with Crippen molar-refractivity contribution in [2.45, 2.75) is 31.8 Å². The summed E-state index contributed by atoms with van der Waals surface area (Å²) in [5.41, 5.74) is 0. The minimum atomic E-state index is 0.885. The lowest BCUT2D eigenvalue weighted by Gasteiger charge is -2.56. The summed E-state index contributed by atoms with van der Waals surface area (Å²) in [6.07, 6.45) is 4.96. The van der Waals surface area contributed by atoms with E-state index < -0.39 is 0 Å². The van der Waals surface area contributed by atoms with Gasteiger partial charge in [0.15, 0.2) is 0 Å². The average molecular weight is 186 g/mol. The van der Waals surface area contributed by atoms with E-state index in [2.05, 4.69) is 22.4 Å². The van der Waals surface area contributed by atoms with Gasteiger partial charge in [-0.25, -0.2) is 4.31 Å². The van der Waals surface area contributed by atoms with Gasteiger partial charge in [-0.05, 0) is 25.6 Å². The van der Waals surface area contributed by atoms with E-state index in [0.717, 1.165) is 12.1 Å². The Morgan fingerprint density at radius 3 is 2.50 bits per heavy atom. The van der Waals surface area contributed by atoms with Crippen LogP contribution in [0.5, 0.6) is 0 Å². The molecule has 70 valence electrons. The molecular formula is C9H18N2S. The second kappa shape index (κ2) is 3.56. The van der Waals surface area contributed by atoms with Gasteiger partial charge in [-0.3, -0.25) is 4.90 Å². The molecule has 0 aromatic carbocycles. The Balaban J connectivity index is 1.85. The molecule has 3 fully saturated rings. The lowest BCUT2D eigenvalue weighted by molar-refractivity contribution is -0.0397. The van der Waals surface area contributed by atoms with Crippen molar-refractivity contribution in [1.82, 2.24) is 9.21 Å². The van der Waals surface area contributed by atoms with Gasteiger partial charge in [0.2, 0.25) is 0 Å². The highest BCUT2D eigenvalue weighted by Crippen LogP contribution is 2.34. The summed E-state index contributed by atoms with van der Waals surface area (Å²) in [7, 11) is 0. The van der Waals surface area contributed by atoms with E-state index in [0.29, 0.717) is 0 Å². The number of rotatable bonds is 3. The number of piperazine rings is 1. The second-order valence-electron chi connectivity index (χ2n) is 3.81. The normalized spacial score (nSPS) is 36.5. The summed E-state index contributed by atoms with van der Waals surface area (Å²) in [5.74, 6) is 0. The molecular weight excluding hydrogens is 168 g/mol. The van der Waals surface area contributed by atoms with Crippen LogP contribution in [0.15, 0.2) is 0 Å². The van der Waals surface area contributed by atoms with Crippen LogP contribution in [-0.2, 0) is 0 Å². The Morgan fingerprint density at radius 1 is 1.33 bits per heavy atom. The second-order valence-corrected chi connectivity index (χ2v) is 4.69. The third kappa shape index (κ3) is 1.38. The predicted octanol–water partition coefficient (Wildman–Crippen LogP) is 1.43. The minimum absolute atomic E-state index is 0.885. The first-order valence-electron chi connectivity index (χ1n) is 4.90. The molecule has 3 heteroatoms. The fraction of sp³-hybridized carbons (Fsp3) is 1.00. The number of hydrogen-bond donors (Lipinski definition) is 0. The summed E-state index contributed by atoms with van der Waals surface area (Å²) >= 11 is 1.91. The van der Waals surface area contributed by atoms with Crippen LogP contribution in [0.1, 0.15) is 19.8 Å². The Labute approximate surface area is 79.4 Å². The van der Waals surface area contributed by atoms with Crippen LogP contribution < -0.4 is 0 Å². The molecule has 0 aromatic heterocycles. The van der Waals surface area contributed by atoms with Gasteiger partial charge in [0.1, 0.15) is 0 Å². The van der Waals surface area contributed by atoms with Gasteiger partial charge in [-0.2, -0.15) is 0 Å². The van der Waals surface area contributed by atoms with E-state index in [1.165, 1.54) is 32.5 Å². The van der Waals surface area contributed by atoms with E-state index in [4.69, 9.17) is 0 Å². The molecule has 2 atom stereocenters. The number of piperidine rings is 1. The number of nitrogens with zero attached hydrogens (tertiary/aromatic N) is 2. The zero-order valence-corrected chi connectivity index (χ0v) is 8.81. The molecule has 0 N–H and O–H groups in total. The molecule has 3 saturated heterocycles. The maximum absolute atomic E-state index is 2.69. The molecule has 2 unspecified atom stereocenters. The molecule has 3 aliphatic rings. The van der Waals surface area contributed by atoms with E-state index >= 15 is 0 Å². The fourth-order valence-electron chi connectivity index (χ4n) is 2.42. The molecule has 0 aromatic rings. The first-order chi connectivity index (χ1) is 5.85. The SMILES string of the molecule is CCCN1C2CC1CN(SC)C2. The average Bonchev–Trinajstić information content (AvgIpc) is 2.14. The summed E-state index contributed by atoms with van der Waals surface area (Å²) in [4.78, 5) is 2.69. The zero-order chi connectivity index (χ0) is 8.55. The first-order valence-corrected chi connectivity index (χ1v) is 6.08. The largest absolute Gasteiger partial charge is 0.295 e. The van der Waals surface area contributed by atoms with Crippen molar-refractivity contribution >= 4 is 11.9 Å². The van der Waals surface area contributed by atoms with Crippen LogP contribution in [0.3, 0.4) is 0 Å². The Bertz CT molecular complexity index is 151. The molecule has 3 heterocycles. The predicted molar refractivity (Wildman–Crippen MR) is 54.3 cm³/mol. The maximum atomic E-state index is 2.69. The highest BCUT2D eigenvalue weighted by atomic mass is 32.2. The quantitative estimate of drug-likeness (QED) is 0.616. The van der Waals surface area contributed by atoms with Gasteiger partial charge in [-0.1, -0.05) is 18.9 Å². The number of hydrogen-bond acceptors (Lipinski definition) is 3. The summed E-state index contributed by atoms with van der Waals surface area (Å²) in [5, 5.41) is 0. The van der Waals surface area contributed by atoms with Crippen molar-refractivity contribution in [2.24, 2.45) is 0 Å². The first kappa shape index (κ1) is 8.85. The van der Waals surface area contributed by atoms with Crippen molar-refractivity contribution < 1.29 is 0 Å². The molecule has 0 saturated carbocycles. The van der Waals surface area contributed by atoms with Crippen molar-refractivity contribution in [3.63, 3.8) is 0 Å². The minimum Gasteiger partial charge on any atom is -0.295 e. The Morgan fingerprint density at radius 2 is 2.00 bits per heavy atom. The van der Waals surface area contributed by atoms with Gasteiger partial charge >= 0.3 is 0 Å². The van der Waals surface area contributed by atoms with Gasteiger partial charge < -0.3 is 0 Å². The fourth-order valence-corrected chi connectivity index (χ4v) is 3.06. The molecule has 0 amide bonds. The highest BCUT2D eigenvalue weighted by molar-refractivity contribution is 7.96. The number of fused-ring (bicyclic) bond motifs is 2. The van der Waals surface area contributed by atoms with Crippen LogP contribution in [-0.4, -0.2) is 47.2 Å². The zero-order valence-electron chi connectivity index (χ0n) is 7.99. The van der Waals surface area contributed by atoms with E-state index in [9.17, 15) is 0 Å². The highest BCUT2D eigenvalue weighted by Gasteiger charge is 2.43. The lowest BCUT2D eigenvalue weighted by atomic mass is 9.88. The standard InChI is InChI=1S/C9H18N2S/c1-3-4-11-8-5-9(11)7-10(6-8)12-2/h8-9H,3-7H2,1-2H3. The van der Waals surface area contributed by atoms with Crippen molar-refractivity contribution in [2.75, 3.05) is 25.9 Å². The summed E-state index contributed by atoms with van der Waals surface area (Å²) in [6.45, 7) is 6.17. The lowest BCUT2D eigenvalue weighted by Crippen LogP contribution is -2.67. The molecule has 0 aliphatic carbocycles. The van der Waals surface area contributed by atoms with Crippen LogP contribution in [0.4, 0.5) is 0 Å². The monoisotopic (exact) mass is 186 g/mol. The van der Waals surface area contributed by atoms with E-state index in [1.807, 2.05) is 11.9 Å². The summed E-state index contributed by atoms with van der Waals surface area (Å²) < 4.78 is 2.50. The van der Waals surface area contributed by atoms with Gasteiger partial charge in [0, 0.05) is 25.2 Å². The Hall–Kier alpha value is 0.270. The third-order valence-electron chi connectivity index (χ3n) is 3.05. The molecule has 2 nitrogen and oxygen atoms in total. The van der Waals surface area contributed by atoms with Gasteiger partial charge in [-0.15, -0.1) is 0 Å². The molecule has 0 spiro atoms. The van der Waals surface area contributed by atoms with Crippen molar-refractivity contribution in [1.29, 1.82) is 0 Å². The third-order valence-corrected chi connectivity index (χ3v) is 3.87. The van der Waals surface area contributed by atoms with Crippen LogP contribution >= 0.6 is 11.9 Å². The van der Waals surface area contributed by atoms with E-state index in [-0.39, 0.29) is 0 Å². The molecule has 0 radical (unpaired) electrons. The molecule has 2 bridgehead atoms. The maximum Gasteiger partial charge on any atom is 0.0251 e. The van der Waals surface area contributed by atoms with Crippen LogP contribution in [0.2, 0.25) is 0 Å². The van der Waals surface area contributed by atoms with Crippen LogP contribution in [0, 0.1) is 0 Å². The van der Waals surface area contributed by atoms with Gasteiger partial charge in [0.05, 0.1) is 0 Å². The Kier molecular flexibility index (Phi) is 2.63. The summed E-state index contributed by atoms with van der Waals surface area (Å²) in [6, 6.07) is 1.77. The van der Waals surface area contributed by atoms with Crippen molar-refractivity contribution in [3.05, 3.63) is 0 Å². The topological polar surface area (TPSA) is 6.48 Å². The molecule has 3 rings (SSSR count). The van der Waals surface area contributed by atoms with Crippen LogP contribution in [0.25, 0.3) is 0 Å².